The van der Waals surface area contributed by atoms with E-state index in [2.05, 4.69) is 0 Å². The van der Waals surface area contributed by atoms with Gasteiger partial charge in [0.1, 0.15) is 5.82 Å². The summed E-state index contributed by atoms with van der Waals surface area (Å²) in [5, 5.41) is 0. The molecule has 0 aliphatic carbocycles. The molecule has 1 rings (SSSR count). The molecule has 0 fully saturated rings. The Morgan fingerprint density at radius 2 is 1.93 bits per heavy atom. The normalized spacial score (nSPS) is 11.5. The molecule has 0 N–H and O–H groups in total. The van der Waals surface area contributed by atoms with E-state index in [1.807, 2.05) is 0 Å². The van der Waals surface area contributed by atoms with Crippen LogP contribution in [-0.4, -0.2) is 13.6 Å². The molecular formula is C9H10BF4O-. The SMILES string of the molecule is CCCOc1ccc(F)cc1[B-](F)(F)F. The topological polar surface area (TPSA) is 9.23 Å². The van der Waals surface area contributed by atoms with Crippen molar-refractivity contribution < 1.29 is 22.1 Å². The van der Waals surface area contributed by atoms with Crippen molar-refractivity contribution in [1.82, 2.24) is 0 Å². The van der Waals surface area contributed by atoms with Crippen LogP contribution in [0.3, 0.4) is 0 Å². The fraction of sp³-hybridized carbons (Fsp3) is 0.333. The predicted octanol–water partition coefficient (Wildman–Crippen LogP) is 2.67. The monoisotopic (exact) mass is 221 g/mol. The molecule has 0 unspecified atom stereocenters. The van der Waals surface area contributed by atoms with Crippen molar-refractivity contribution in [2.75, 3.05) is 6.61 Å². The Hall–Kier alpha value is -1.20. The van der Waals surface area contributed by atoms with Gasteiger partial charge in [0.2, 0.25) is 0 Å². The van der Waals surface area contributed by atoms with E-state index >= 15 is 0 Å². The molecule has 0 aliphatic heterocycles. The van der Waals surface area contributed by atoms with Crippen molar-refractivity contribution in [2.24, 2.45) is 0 Å². The zero-order chi connectivity index (χ0) is 11.5. The maximum absolute atomic E-state index is 12.7. The fourth-order valence-electron chi connectivity index (χ4n) is 1.12. The van der Waals surface area contributed by atoms with Gasteiger partial charge >= 0.3 is 6.98 Å². The minimum Gasteiger partial charge on any atom is -0.497 e. The molecule has 0 spiro atoms. The predicted molar refractivity (Wildman–Crippen MR) is 50.9 cm³/mol. The standard InChI is InChI=1S/C9H10BF4O/c1-2-5-15-9-4-3-7(11)6-8(9)10(12,13)14/h3-4,6H,2,5H2,1H3/q-1. The lowest BCUT2D eigenvalue weighted by Gasteiger charge is -2.19. The van der Waals surface area contributed by atoms with Crippen molar-refractivity contribution in [3.05, 3.63) is 24.0 Å². The Bertz CT molecular complexity index is 337. The van der Waals surface area contributed by atoms with Gasteiger partial charge < -0.3 is 17.7 Å². The van der Waals surface area contributed by atoms with Gasteiger partial charge in [-0.1, -0.05) is 12.4 Å². The first-order valence-electron chi connectivity index (χ1n) is 4.57. The van der Waals surface area contributed by atoms with Crippen LogP contribution in [0.2, 0.25) is 0 Å². The zero-order valence-electron chi connectivity index (χ0n) is 8.14. The highest BCUT2D eigenvalue weighted by Gasteiger charge is 2.29. The molecule has 0 atom stereocenters. The average molecular weight is 221 g/mol. The molecule has 15 heavy (non-hydrogen) atoms. The third-order valence-corrected chi connectivity index (χ3v) is 1.79. The molecule has 0 bridgehead atoms. The summed E-state index contributed by atoms with van der Waals surface area (Å²) in [6.45, 7) is -3.27. The molecule has 84 valence electrons. The van der Waals surface area contributed by atoms with Crippen molar-refractivity contribution >= 4 is 12.4 Å². The third kappa shape index (κ3) is 3.14. The lowest BCUT2D eigenvalue weighted by molar-refractivity contribution is 0.317. The quantitative estimate of drug-likeness (QED) is 0.560. The number of ether oxygens (including phenoxy) is 1. The van der Waals surface area contributed by atoms with Gasteiger partial charge in [-0.15, -0.1) is 0 Å². The number of rotatable bonds is 4. The molecule has 0 aromatic heterocycles. The van der Waals surface area contributed by atoms with Gasteiger partial charge in [-0.05, 0) is 24.6 Å². The Morgan fingerprint density at radius 1 is 1.27 bits per heavy atom. The zero-order valence-corrected chi connectivity index (χ0v) is 8.14. The maximum atomic E-state index is 12.7. The van der Waals surface area contributed by atoms with Crippen molar-refractivity contribution in [3.63, 3.8) is 0 Å². The lowest BCUT2D eigenvalue weighted by Crippen LogP contribution is -2.35. The molecule has 0 saturated carbocycles. The van der Waals surface area contributed by atoms with Crippen molar-refractivity contribution in [2.45, 2.75) is 13.3 Å². The van der Waals surface area contributed by atoms with Crippen LogP contribution in [0, 0.1) is 5.82 Å². The number of hydrogen-bond donors (Lipinski definition) is 0. The van der Waals surface area contributed by atoms with Crippen LogP contribution in [0.25, 0.3) is 0 Å². The first-order chi connectivity index (χ1) is 6.95. The molecular weight excluding hydrogens is 211 g/mol. The summed E-state index contributed by atoms with van der Waals surface area (Å²) in [4.78, 5) is 0. The average Bonchev–Trinajstić information content (AvgIpc) is 2.14. The van der Waals surface area contributed by atoms with E-state index in [0.29, 0.717) is 12.5 Å². The first kappa shape index (κ1) is 11.9. The summed E-state index contributed by atoms with van der Waals surface area (Å²) < 4.78 is 55.0. The highest BCUT2D eigenvalue weighted by atomic mass is 19.4. The third-order valence-electron chi connectivity index (χ3n) is 1.79. The first-order valence-corrected chi connectivity index (χ1v) is 4.57. The van der Waals surface area contributed by atoms with E-state index in [1.54, 1.807) is 6.92 Å². The minimum absolute atomic E-state index is 0.185. The van der Waals surface area contributed by atoms with E-state index in [9.17, 15) is 17.3 Å². The van der Waals surface area contributed by atoms with Crippen LogP contribution in [0.5, 0.6) is 5.75 Å². The Kier molecular flexibility index (Phi) is 3.60. The Morgan fingerprint density at radius 3 is 2.47 bits per heavy atom. The lowest BCUT2D eigenvalue weighted by atomic mass is 9.79. The highest BCUT2D eigenvalue weighted by Crippen LogP contribution is 2.18. The summed E-state index contributed by atoms with van der Waals surface area (Å²) >= 11 is 0. The van der Waals surface area contributed by atoms with Crippen molar-refractivity contribution in [1.29, 1.82) is 0 Å². The summed E-state index contributed by atoms with van der Waals surface area (Å²) in [6.07, 6.45) is 0.599. The van der Waals surface area contributed by atoms with Gasteiger partial charge in [-0.2, -0.15) is 0 Å². The van der Waals surface area contributed by atoms with Crippen LogP contribution in [0.4, 0.5) is 17.3 Å². The molecule has 0 radical (unpaired) electrons. The molecule has 1 aromatic carbocycles. The molecule has 1 nitrogen and oxygen atoms in total. The van der Waals surface area contributed by atoms with Crippen LogP contribution < -0.4 is 10.2 Å². The molecule has 0 aliphatic rings. The van der Waals surface area contributed by atoms with Crippen LogP contribution >= 0.6 is 0 Å². The second-order valence-corrected chi connectivity index (χ2v) is 3.11. The van der Waals surface area contributed by atoms with E-state index in [-0.39, 0.29) is 12.4 Å². The molecule has 0 heterocycles. The largest absolute Gasteiger partial charge is 0.513 e. The van der Waals surface area contributed by atoms with E-state index < -0.39 is 18.3 Å². The van der Waals surface area contributed by atoms with Crippen LogP contribution in [0.1, 0.15) is 13.3 Å². The number of hydrogen-bond acceptors (Lipinski definition) is 1. The molecule has 6 heteroatoms. The van der Waals surface area contributed by atoms with Gasteiger partial charge in [0.15, 0.2) is 0 Å². The Labute approximate surface area is 85.1 Å². The summed E-state index contributed by atoms with van der Waals surface area (Å²) in [5.41, 5.74) is -1.01. The van der Waals surface area contributed by atoms with E-state index in [1.165, 1.54) is 0 Å². The summed E-state index contributed by atoms with van der Waals surface area (Å²) in [5.74, 6) is -1.21. The summed E-state index contributed by atoms with van der Waals surface area (Å²) in [6, 6.07) is 2.43. The number of benzene rings is 1. The minimum atomic E-state index is -5.24. The molecule has 0 saturated heterocycles. The van der Waals surface area contributed by atoms with Crippen molar-refractivity contribution in [3.8, 4) is 5.75 Å². The smallest absolute Gasteiger partial charge is 0.497 e. The van der Waals surface area contributed by atoms with Gasteiger partial charge in [0.05, 0.1) is 12.4 Å². The summed E-state index contributed by atoms with van der Waals surface area (Å²) in [7, 11) is 0. The second-order valence-electron chi connectivity index (χ2n) is 3.11. The highest BCUT2D eigenvalue weighted by molar-refractivity contribution is 6.74. The van der Waals surface area contributed by atoms with E-state index in [4.69, 9.17) is 4.74 Å². The van der Waals surface area contributed by atoms with Gasteiger partial charge in [-0.3, -0.25) is 0 Å². The maximum Gasteiger partial charge on any atom is 0.513 e. The second kappa shape index (κ2) is 4.55. The van der Waals surface area contributed by atoms with Gasteiger partial charge in [-0.25, -0.2) is 4.39 Å². The van der Waals surface area contributed by atoms with Crippen LogP contribution in [0.15, 0.2) is 18.2 Å². The Balaban J connectivity index is 3.04. The number of halogens is 4. The van der Waals surface area contributed by atoms with Gasteiger partial charge in [0, 0.05) is 0 Å². The fourth-order valence-corrected chi connectivity index (χ4v) is 1.12. The van der Waals surface area contributed by atoms with Crippen LogP contribution in [-0.2, 0) is 0 Å². The molecule has 1 aromatic rings. The van der Waals surface area contributed by atoms with Gasteiger partial charge in [0.25, 0.3) is 0 Å². The van der Waals surface area contributed by atoms with E-state index in [0.717, 1.165) is 12.1 Å². The molecule has 0 amide bonds.